The zero-order chi connectivity index (χ0) is 22.5. The van der Waals surface area contributed by atoms with E-state index in [1.165, 1.54) is 49.6 Å². The van der Waals surface area contributed by atoms with Gasteiger partial charge in [-0.05, 0) is 36.4 Å². The molecular formula is C21H15N2O8-. The summed E-state index contributed by atoms with van der Waals surface area (Å²) in [5, 5.41) is 12.7. The maximum absolute atomic E-state index is 12.9. The van der Waals surface area contributed by atoms with Crippen molar-refractivity contribution in [1.29, 1.82) is 0 Å². The second-order valence-electron chi connectivity index (χ2n) is 6.19. The lowest BCUT2D eigenvalue weighted by Gasteiger charge is -2.26. The van der Waals surface area contributed by atoms with Gasteiger partial charge in [-0.2, -0.15) is 0 Å². The summed E-state index contributed by atoms with van der Waals surface area (Å²) >= 11 is 0. The van der Waals surface area contributed by atoms with Gasteiger partial charge in [0, 0.05) is 5.56 Å². The van der Waals surface area contributed by atoms with E-state index in [0.29, 0.717) is 0 Å². The average molecular weight is 423 g/mol. The molecule has 0 atom stereocenters. The molecule has 31 heavy (non-hydrogen) atoms. The number of ether oxygens (including phenoxy) is 2. The molecule has 10 heteroatoms. The molecule has 1 N–H and O–H groups in total. The van der Waals surface area contributed by atoms with Gasteiger partial charge in [-0.3, -0.25) is 14.9 Å². The Balaban J connectivity index is 1.95. The van der Waals surface area contributed by atoms with Crippen LogP contribution in [0.25, 0.3) is 6.08 Å². The minimum atomic E-state index is -1.44. The number of rotatable bonds is 6. The number of imide groups is 2. The van der Waals surface area contributed by atoms with Gasteiger partial charge < -0.3 is 19.4 Å². The number of para-hydroxylation sites is 1. The van der Waals surface area contributed by atoms with Crippen LogP contribution < -0.4 is 20.1 Å². The summed E-state index contributed by atoms with van der Waals surface area (Å²) in [6, 6.07) is 10.6. The maximum atomic E-state index is 12.9. The first-order valence-electron chi connectivity index (χ1n) is 8.83. The minimum absolute atomic E-state index is 0.102. The highest BCUT2D eigenvalue weighted by atomic mass is 16.5. The zero-order valence-electron chi connectivity index (χ0n) is 16.1. The molecule has 1 fully saturated rings. The Morgan fingerprint density at radius 2 is 1.74 bits per heavy atom. The van der Waals surface area contributed by atoms with E-state index in [0.717, 1.165) is 4.90 Å². The lowest BCUT2D eigenvalue weighted by molar-refractivity contribution is -0.307. The molecule has 3 rings (SSSR count). The second kappa shape index (κ2) is 8.91. The average Bonchev–Trinajstić information content (AvgIpc) is 2.75. The van der Waals surface area contributed by atoms with Gasteiger partial charge in [0.25, 0.3) is 11.8 Å². The third kappa shape index (κ3) is 4.58. The van der Waals surface area contributed by atoms with Crippen molar-refractivity contribution in [3.8, 4) is 5.75 Å². The number of hydrogen-bond acceptors (Lipinski definition) is 8. The van der Waals surface area contributed by atoms with Crippen LogP contribution in [-0.2, 0) is 19.1 Å². The number of nitrogens with one attached hydrogen (secondary N) is 1. The molecule has 158 valence electrons. The summed E-state index contributed by atoms with van der Waals surface area (Å²) in [5.41, 5.74) is 0.204. The number of barbiturate groups is 1. The fourth-order valence-corrected chi connectivity index (χ4v) is 2.78. The van der Waals surface area contributed by atoms with E-state index in [4.69, 9.17) is 4.74 Å². The molecule has 0 aromatic heterocycles. The summed E-state index contributed by atoms with van der Waals surface area (Å²) in [6.07, 6.45) is 1.19. The summed E-state index contributed by atoms with van der Waals surface area (Å²) in [4.78, 5) is 60.5. The number of nitrogens with zero attached hydrogens (tertiary/aromatic N) is 1. The standard InChI is InChI=1S/C21H16N2O8/c1-30-20(28)12-6-8-14(9-7-12)23-19(27)15(18(26)22-21(23)29)10-13-4-2-3-5-16(13)31-11-17(24)25/h2-10H,11H2,1H3,(H,24,25)(H,22,26,29)/p-1/b15-10+. The van der Waals surface area contributed by atoms with E-state index in [-0.39, 0.29) is 28.1 Å². The van der Waals surface area contributed by atoms with Crippen LogP contribution in [0.15, 0.2) is 54.1 Å². The van der Waals surface area contributed by atoms with Crippen molar-refractivity contribution in [3.05, 3.63) is 65.2 Å². The topological polar surface area (TPSA) is 142 Å². The van der Waals surface area contributed by atoms with Gasteiger partial charge in [0.1, 0.15) is 17.9 Å². The predicted octanol–water partition coefficient (Wildman–Crippen LogP) is 0.268. The van der Waals surface area contributed by atoms with Crippen LogP contribution in [-0.4, -0.2) is 43.5 Å². The van der Waals surface area contributed by atoms with Crippen LogP contribution in [0.4, 0.5) is 10.5 Å². The molecule has 1 saturated heterocycles. The molecule has 1 heterocycles. The number of carboxylic acids is 1. The van der Waals surface area contributed by atoms with Crippen molar-refractivity contribution < 1.29 is 38.6 Å². The summed E-state index contributed by atoms with van der Waals surface area (Å²) in [5.74, 6) is -3.77. The first-order chi connectivity index (χ1) is 14.8. The lowest BCUT2D eigenvalue weighted by Crippen LogP contribution is -2.54. The largest absolute Gasteiger partial charge is 0.546 e. The van der Waals surface area contributed by atoms with Crippen molar-refractivity contribution in [1.82, 2.24) is 5.32 Å². The first-order valence-corrected chi connectivity index (χ1v) is 8.83. The number of amides is 4. The second-order valence-corrected chi connectivity index (χ2v) is 6.19. The Hall–Kier alpha value is -4.47. The van der Waals surface area contributed by atoms with E-state index in [1.807, 2.05) is 0 Å². The fraction of sp³-hybridized carbons (Fsp3) is 0.0952. The van der Waals surface area contributed by atoms with Gasteiger partial charge in [-0.15, -0.1) is 0 Å². The quantitative estimate of drug-likeness (QED) is 0.396. The molecular weight excluding hydrogens is 408 g/mol. The Kier molecular flexibility index (Phi) is 6.10. The van der Waals surface area contributed by atoms with E-state index in [2.05, 4.69) is 10.1 Å². The minimum Gasteiger partial charge on any atom is -0.546 e. The zero-order valence-corrected chi connectivity index (χ0v) is 16.1. The molecule has 0 radical (unpaired) electrons. The molecule has 10 nitrogen and oxygen atoms in total. The Bertz CT molecular complexity index is 1100. The van der Waals surface area contributed by atoms with E-state index < -0.39 is 36.4 Å². The number of methoxy groups -OCH3 is 1. The van der Waals surface area contributed by atoms with Crippen LogP contribution in [0.3, 0.4) is 0 Å². The number of benzene rings is 2. The third-order valence-corrected chi connectivity index (χ3v) is 4.21. The van der Waals surface area contributed by atoms with Crippen molar-refractivity contribution in [3.63, 3.8) is 0 Å². The molecule has 0 unspecified atom stereocenters. The normalized spacial score (nSPS) is 14.9. The van der Waals surface area contributed by atoms with Gasteiger partial charge in [-0.1, -0.05) is 18.2 Å². The number of carbonyl (C=O) groups excluding carboxylic acids is 5. The first kappa shape index (κ1) is 21.2. The van der Waals surface area contributed by atoms with Gasteiger partial charge >= 0.3 is 12.0 Å². The van der Waals surface area contributed by atoms with Gasteiger partial charge in [0.2, 0.25) is 0 Å². The van der Waals surface area contributed by atoms with Crippen molar-refractivity contribution in [2.45, 2.75) is 0 Å². The molecule has 0 saturated carbocycles. The SMILES string of the molecule is COC(=O)c1ccc(N2C(=O)NC(=O)/C(=C\c3ccccc3OCC(=O)[O-])C2=O)cc1. The number of carbonyl (C=O) groups is 5. The summed E-state index contributed by atoms with van der Waals surface area (Å²) < 4.78 is 9.72. The van der Waals surface area contributed by atoms with E-state index in [1.54, 1.807) is 12.1 Å². The highest BCUT2D eigenvalue weighted by Crippen LogP contribution is 2.25. The number of hydrogen-bond donors (Lipinski definition) is 1. The molecule has 1 aliphatic heterocycles. The molecule has 4 amide bonds. The van der Waals surface area contributed by atoms with Crippen molar-refractivity contribution in [2.75, 3.05) is 18.6 Å². The van der Waals surface area contributed by atoms with Crippen LogP contribution in [0.5, 0.6) is 5.75 Å². The maximum Gasteiger partial charge on any atom is 0.337 e. The lowest BCUT2D eigenvalue weighted by atomic mass is 10.1. The number of anilines is 1. The van der Waals surface area contributed by atoms with Crippen LogP contribution in [0, 0.1) is 0 Å². The van der Waals surface area contributed by atoms with Crippen LogP contribution in [0.2, 0.25) is 0 Å². The Morgan fingerprint density at radius 3 is 2.39 bits per heavy atom. The van der Waals surface area contributed by atoms with Gasteiger partial charge in [-0.25, -0.2) is 14.5 Å². The van der Waals surface area contributed by atoms with Crippen LogP contribution in [0.1, 0.15) is 15.9 Å². The molecule has 0 spiro atoms. The molecule has 0 aliphatic carbocycles. The highest BCUT2D eigenvalue weighted by Gasteiger charge is 2.37. The summed E-state index contributed by atoms with van der Waals surface area (Å²) in [6.45, 7) is -0.725. The van der Waals surface area contributed by atoms with Crippen LogP contribution >= 0.6 is 0 Å². The predicted molar refractivity (Wildman–Crippen MR) is 104 cm³/mol. The summed E-state index contributed by atoms with van der Waals surface area (Å²) in [7, 11) is 1.22. The molecule has 2 aromatic rings. The smallest absolute Gasteiger partial charge is 0.337 e. The monoisotopic (exact) mass is 423 g/mol. The van der Waals surface area contributed by atoms with Crippen molar-refractivity contribution in [2.24, 2.45) is 0 Å². The van der Waals surface area contributed by atoms with Crippen molar-refractivity contribution >= 4 is 41.5 Å². The highest BCUT2D eigenvalue weighted by molar-refractivity contribution is 6.39. The Labute approximate surface area is 175 Å². The molecule has 0 bridgehead atoms. The molecule has 1 aliphatic rings. The number of urea groups is 1. The Morgan fingerprint density at radius 1 is 1.06 bits per heavy atom. The molecule has 2 aromatic carbocycles. The van der Waals surface area contributed by atoms with Gasteiger partial charge in [0.15, 0.2) is 0 Å². The van der Waals surface area contributed by atoms with E-state index >= 15 is 0 Å². The fourth-order valence-electron chi connectivity index (χ4n) is 2.78. The van der Waals surface area contributed by atoms with E-state index in [9.17, 15) is 29.1 Å². The van der Waals surface area contributed by atoms with Gasteiger partial charge in [0.05, 0.1) is 24.3 Å². The number of aliphatic carboxylic acids is 1. The number of carboxylic acid groups (broad SMARTS) is 1. The third-order valence-electron chi connectivity index (χ3n) is 4.21. The number of esters is 1.